The van der Waals surface area contributed by atoms with Gasteiger partial charge in [0.2, 0.25) is 0 Å². The van der Waals surface area contributed by atoms with Gasteiger partial charge in [0.05, 0.1) is 6.42 Å². The number of halogens is 1. The van der Waals surface area contributed by atoms with Crippen LogP contribution in [0.1, 0.15) is 13.3 Å². The number of nitrogens with one attached hydrogen (secondary N) is 2. The third-order valence-electron chi connectivity index (χ3n) is 2.42. The third kappa shape index (κ3) is 6.75. The first-order valence-electron chi connectivity index (χ1n) is 6.17. The first-order chi connectivity index (χ1) is 9.88. The van der Waals surface area contributed by atoms with Gasteiger partial charge in [0, 0.05) is 16.7 Å². The standard InChI is InChI=1S/C13H16BrN3O4/c1-8(21-11(18)6-7-16-13(15)20)12(19)17-10-4-2-9(14)3-5-10/h2-5,8H,6-7H2,1H3,(H,17,19)(H3,15,16,20)/t8-/m1/s1. The zero-order valence-corrected chi connectivity index (χ0v) is 13.0. The van der Waals surface area contributed by atoms with E-state index in [-0.39, 0.29) is 13.0 Å². The van der Waals surface area contributed by atoms with Gasteiger partial charge in [-0.25, -0.2) is 4.79 Å². The number of hydrogen-bond donors (Lipinski definition) is 3. The third-order valence-corrected chi connectivity index (χ3v) is 2.95. The Bertz CT molecular complexity index is 519. The molecule has 0 unspecified atom stereocenters. The van der Waals surface area contributed by atoms with E-state index in [1.165, 1.54) is 6.92 Å². The molecule has 8 heteroatoms. The van der Waals surface area contributed by atoms with Crippen LogP contribution in [0.5, 0.6) is 0 Å². The summed E-state index contributed by atoms with van der Waals surface area (Å²) in [7, 11) is 0. The molecule has 0 heterocycles. The maximum atomic E-state index is 11.8. The van der Waals surface area contributed by atoms with Crippen LogP contribution in [0.3, 0.4) is 0 Å². The molecule has 7 nitrogen and oxygen atoms in total. The molecule has 3 amide bonds. The van der Waals surface area contributed by atoms with Crippen LogP contribution in [0.25, 0.3) is 0 Å². The summed E-state index contributed by atoms with van der Waals surface area (Å²) in [4.78, 5) is 33.7. The maximum Gasteiger partial charge on any atom is 0.312 e. The number of amides is 3. The van der Waals surface area contributed by atoms with Crippen molar-refractivity contribution in [3.63, 3.8) is 0 Å². The van der Waals surface area contributed by atoms with Crippen LogP contribution >= 0.6 is 15.9 Å². The maximum absolute atomic E-state index is 11.8. The SMILES string of the molecule is C[C@@H](OC(=O)CCNC(N)=O)C(=O)Nc1ccc(Br)cc1. The lowest BCUT2D eigenvalue weighted by Gasteiger charge is -2.13. The molecule has 0 saturated carbocycles. The van der Waals surface area contributed by atoms with E-state index in [9.17, 15) is 14.4 Å². The monoisotopic (exact) mass is 357 g/mol. The van der Waals surface area contributed by atoms with Crippen LogP contribution < -0.4 is 16.4 Å². The number of nitrogens with two attached hydrogens (primary N) is 1. The normalized spacial score (nSPS) is 11.3. The van der Waals surface area contributed by atoms with Gasteiger partial charge in [-0.3, -0.25) is 9.59 Å². The van der Waals surface area contributed by atoms with Gasteiger partial charge < -0.3 is 21.1 Å². The smallest absolute Gasteiger partial charge is 0.312 e. The molecular formula is C13H16BrN3O4. The lowest BCUT2D eigenvalue weighted by molar-refractivity contribution is -0.153. The zero-order chi connectivity index (χ0) is 15.8. The van der Waals surface area contributed by atoms with Crippen molar-refractivity contribution in [2.75, 3.05) is 11.9 Å². The van der Waals surface area contributed by atoms with Gasteiger partial charge >= 0.3 is 12.0 Å². The summed E-state index contributed by atoms with van der Waals surface area (Å²) in [6.45, 7) is 1.53. The van der Waals surface area contributed by atoms with Gasteiger partial charge in [0.15, 0.2) is 6.10 Å². The molecular weight excluding hydrogens is 342 g/mol. The summed E-state index contributed by atoms with van der Waals surface area (Å²) in [5.74, 6) is -1.03. The second-order valence-electron chi connectivity index (χ2n) is 4.17. The van der Waals surface area contributed by atoms with E-state index >= 15 is 0 Å². The number of primary amides is 1. The predicted molar refractivity (Wildman–Crippen MR) is 80.5 cm³/mol. The van der Waals surface area contributed by atoms with Gasteiger partial charge in [-0.2, -0.15) is 0 Å². The van der Waals surface area contributed by atoms with Crippen LogP contribution in [0.4, 0.5) is 10.5 Å². The Morgan fingerprint density at radius 3 is 2.48 bits per heavy atom. The molecule has 1 atom stereocenters. The van der Waals surface area contributed by atoms with Crippen molar-refractivity contribution in [1.29, 1.82) is 0 Å². The number of ether oxygens (including phenoxy) is 1. The van der Waals surface area contributed by atoms with Crippen LogP contribution in [-0.2, 0) is 14.3 Å². The Morgan fingerprint density at radius 2 is 1.90 bits per heavy atom. The Labute approximate surface area is 130 Å². The molecule has 1 rings (SSSR count). The number of urea groups is 1. The van der Waals surface area contributed by atoms with E-state index in [4.69, 9.17) is 10.5 Å². The van der Waals surface area contributed by atoms with E-state index < -0.39 is 24.0 Å². The Balaban J connectivity index is 2.38. The zero-order valence-electron chi connectivity index (χ0n) is 11.4. The number of rotatable bonds is 6. The van der Waals surface area contributed by atoms with Crippen molar-refractivity contribution in [2.24, 2.45) is 5.73 Å². The van der Waals surface area contributed by atoms with Crippen LogP contribution in [-0.4, -0.2) is 30.6 Å². The van der Waals surface area contributed by atoms with Gasteiger partial charge in [-0.05, 0) is 31.2 Å². The average Bonchev–Trinajstić information content (AvgIpc) is 2.40. The summed E-state index contributed by atoms with van der Waals surface area (Å²) < 4.78 is 5.83. The molecule has 0 aliphatic carbocycles. The molecule has 21 heavy (non-hydrogen) atoms. The number of hydrogen-bond acceptors (Lipinski definition) is 4. The molecule has 0 fully saturated rings. The van der Waals surface area contributed by atoms with Crippen molar-refractivity contribution < 1.29 is 19.1 Å². The number of carbonyl (C=O) groups excluding carboxylic acids is 3. The summed E-state index contributed by atoms with van der Waals surface area (Å²) in [5, 5.41) is 4.88. The summed E-state index contributed by atoms with van der Waals surface area (Å²) in [6, 6.07) is 6.27. The number of benzene rings is 1. The fraction of sp³-hybridized carbons (Fsp3) is 0.308. The van der Waals surface area contributed by atoms with Crippen molar-refractivity contribution in [2.45, 2.75) is 19.4 Å². The van der Waals surface area contributed by atoms with Crippen LogP contribution in [0.2, 0.25) is 0 Å². The van der Waals surface area contributed by atoms with E-state index in [0.717, 1.165) is 4.47 Å². The van der Waals surface area contributed by atoms with Gasteiger partial charge in [-0.1, -0.05) is 15.9 Å². The molecule has 0 aliphatic rings. The lowest BCUT2D eigenvalue weighted by atomic mass is 10.3. The second-order valence-corrected chi connectivity index (χ2v) is 5.08. The molecule has 1 aromatic carbocycles. The fourth-order valence-corrected chi connectivity index (χ4v) is 1.64. The quantitative estimate of drug-likeness (QED) is 0.667. The first-order valence-corrected chi connectivity index (χ1v) is 6.97. The Kier molecular flexibility index (Phi) is 6.67. The number of anilines is 1. The Morgan fingerprint density at radius 1 is 1.29 bits per heavy atom. The van der Waals surface area contributed by atoms with Crippen LogP contribution in [0.15, 0.2) is 28.7 Å². The van der Waals surface area contributed by atoms with Gasteiger partial charge in [0.25, 0.3) is 5.91 Å². The highest BCUT2D eigenvalue weighted by Crippen LogP contribution is 2.14. The van der Waals surface area contributed by atoms with Crippen molar-refractivity contribution in [1.82, 2.24) is 5.32 Å². The highest BCUT2D eigenvalue weighted by atomic mass is 79.9. The molecule has 1 aromatic rings. The minimum atomic E-state index is -0.935. The van der Waals surface area contributed by atoms with Crippen molar-refractivity contribution in [3.05, 3.63) is 28.7 Å². The molecule has 0 aromatic heterocycles. The Hall–Kier alpha value is -2.09. The minimum absolute atomic E-state index is 0.0567. The van der Waals surface area contributed by atoms with Gasteiger partial charge in [0.1, 0.15) is 0 Å². The van der Waals surface area contributed by atoms with Crippen LogP contribution in [0, 0.1) is 0 Å². The number of esters is 1. The largest absolute Gasteiger partial charge is 0.452 e. The van der Waals surface area contributed by atoms with Gasteiger partial charge in [-0.15, -0.1) is 0 Å². The fourth-order valence-electron chi connectivity index (χ4n) is 1.37. The molecule has 0 aliphatic heterocycles. The van der Waals surface area contributed by atoms with E-state index in [2.05, 4.69) is 26.6 Å². The summed E-state index contributed by atoms with van der Waals surface area (Å²) >= 11 is 3.29. The predicted octanol–water partition coefficient (Wildman–Crippen LogP) is 1.38. The van der Waals surface area contributed by atoms with Crippen molar-refractivity contribution in [3.8, 4) is 0 Å². The molecule has 114 valence electrons. The molecule has 0 saturated heterocycles. The number of carbonyl (C=O) groups is 3. The molecule has 0 radical (unpaired) electrons. The molecule has 0 bridgehead atoms. The van der Waals surface area contributed by atoms with Crippen molar-refractivity contribution >= 4 is 39.5 Å². The topological polar surface area (TPSA) is 111 Å². The minimum Gasteiger partial charge on any atom is -0.452 e. The molecule has 0 spiro atoms. The lowest BCUT2D eigenvalue weighted by Crippen LogP contribution is -2.33. The first kappa shape index (κ1) is 17.0. The second kappa shape index (κ2) is 8.25. The molecule has 4 N–H and O–H groups in total. The average molecular weight is 358 g/mol. The van der Waals surface area contributed by atoms with E-state index in [1.54, 1.807) is 24.3 Å². The van der Waals surface area contributed by atoms with E-state index in [1.807, 2.05) is 0 Å². The summed E-state index contributed by atoms with van der Waals surface area (Å²) in [6.07, 6.45) is -0.992. The van der Waals surface area contributed by atoms with E-state index in [0.29, 0.717) is 5.69 Å². The summed E-state index contributed by atoms with van der Waals surface area (Å²) in [5.41, 5.74) is 5.45. The highest BCUT2D eigenvalue weighted by molar-refractivity contribution is 9.10. The highest BCUT2D eigenvalue weighted by Gasteiger charge is 2.17.